The van der Waals surface area contributed by atoms with Gasteiger partial charge in [0.1, 0.15) is 5.82 Å². The molecule has 0 radical (unpaired) electrons. The first-order valence-electron chi connectivity index (χ1n) is 9.63. The van der Waals surface area contributed by atoms with Crippen LogP contribution in [0.1, 0.15) is 32.0 Å². The number of aromatic nitrogens is 3. The quantitative estimate of drug-likeness (QED) is 0.400. The van der Waals surface area contributed by atoms with Gasteiger partial charge in [-0.05, 0) is 44.2 Å². The van der Waals surface area contributed by atoms with Crippen LogP contribution in [-0.4, -0.2) is 65.4 Å². The molecule has 0 aliphatic heterocycles. The van der Waals surface area contributed by atoms with E-state index in [0.29, 0.717) is 0 Å². The number of ether oxygens (including phenoxy) is 1. The van der Waals surface area contributed by atoms with E-state index in [1.54, 1.807) is 0 Å². The molecule has 2 aromatic heterocycles. The molecular formula is C19H30N6O. The van der Waals surface area contributed by atoms with E-state index in [1.165, 1.54) is 12.8 Å². The molecule has 0 spiro atoms. The van der Waals surface area contributed by atoms with E-state index < -0.39 is 0 Å². The maximum atomic E-state index is 5.73. The van der Waals surface area contributed by atoms with Crippen molar-refractivity contribution in [1.82, 2.24) is 24.8 Å². The van der Waals surface area contributed by atoms with Gasteiger partial charge in [0.15, 0.2) is 11.6 Å². The summed E-state index contributed by atoms with van der Waals surface area (Å²) in [5.41, 5.74) is 0.894. The summed E-state index contributed by atoms with van der Waals surface area (Å²) >= 11 is 0. The third kappa shape index (κ3) is 5.42. The molecule has 0 amide bonds. The number of aryl methyl sites for hydroxylation is 1. The summed E-state index contributed by atoms with van der Waals surface area (Å²) < 4.78 is 7.77. The maximum Gasteiger partial charge on any atom is 0.193 e. The van der Waals surface area contributed by atoms with Gasteiger partial charge < -0.3 is 15.0 Å². The van der Waals surface area contributed by atoms with Gasteiger partial charge in [0.2, 0.25) is 0 Å². The Morgan fingerprint density at radius 2 is 2.27 bits per heavy atom. The van der Waals surface area contributed by atoms with E-state index in [1.807, 2.05) is 28.8 Å². The van der Waals surface area contributed by atoms with E-state index in [2.05, 4.69) is 34.4 Å². The van der Waals surface area contributed by atoms with Gasteiger partial charge in [0.05, 0.1) is 6.61 Å². The summed E-state index contributed by atoms with van der Waals surface area (Å²) in [6.45, 7) is 6.23. The van der Waals surface area contributed by atoms with Crippen LogP contribution in [-0.2, 0) is 11.2 Å². The van der Waals surface area contributed by atoms with E-state index in [0.717, 1.165) is 69.0 Å². The minimum atomic E-state index is 0.753. The normalized spacial score (nSPS) is 14.8. The molecule has 0 unspecified atom stereocenters. The predicted octanol–water partition coefficient (Wildman–Crippen LogP) is 1.99. The standard InChI is InChI=1S/C19H30N6O/c1-3-20-19(24(2)13-14-26-15-16-9-10-16)21-11-6-8-18-23-22-17-7-4-5-12-25(17)18/h4-5,7,12,16H,3,6,8-11,13-15H2,1-2H3,(H,20,21). The molecule has 7 nitrogen and oxygen atoms in total. The fraction of sp³-hybridized carbons (Fsp3) is 0.632. The Balaban J connectivity index is 1.43. The monoisotopic (exact) mass is 358 g/mol. The predicted molar refractivity (Wildman–Crippen MR) is 103 cm³/mol. The van der Waals surface area contributed by atoms with Gasteiger partial charge in [0.25, 0.3) is 0 Å². The molecule has 142 valence electrons. The number of hydrogen-bond donors (Lipinski definition) is 1. The Bertz CT molecular complexity index is 709. The van der Waals surface area contributed by atoms with Crippen molar-refractivity contribution in [2.75, 3.05) is 39.9 Å². The van der Waals surface area contributed by atoms with E-state index in [-0.39, 0.29) is 0 Å². The number of guanidine groups is 1. The fourth-order valence-electron chi connectivity index (χ4n) is 2.80. The lowest BCUT2D eigenvalue weighted by atomic mass is 10.3. The summed E-state index contributed by atoms with van der Waals surface area (Å²) in [5, 5.41) is 11.8. The van der Waals surface area contributed by atoms with Gasteiger partial charge in [-0.1, -0.05) is 6.07 Å². The van der Waals surface area contributed by atoms with Crippen molar-refractivity contribution in [3.63, 3.8) is 0 Å². The number of likely N-dealkylation sites (N-methyl/N-ethyl adjacent to an activating group) is 1. The number of pyridine rings is 1. The van der Waals surface area contributed by atoms with Crippen LogP contribution in [0.3, 0.4) is 0 Å². The Kier molecular flexibility index (Phi) is 6.82. The molecule has 0 aromatic carbocycles. The van der Waals surface area contributed by atoms with Crippen LogP contribution in [0, 0.1) is 5.92 Å². The van der Waals surface area contributed by atoms with Crippen molar-refractivity contribution >= 4 is 11.6 Å². The number of rotatable bonds is 10. The Morgan fingerprint density at radius 3 is 3.08 bits per heavy atom. The van der Waals surface area contributed by atoms with E-state index >= 15 is 0 Å². The highest BCUT2D eigenvalue weighted by atomic mass is 16.5. The molecule has 7 heteroatoms. The third-order valence-corrected chi connectivity index (χ3v) is 4.52. The molecule has 1 saturated carbocycles. The zero-order chi connectivity index (χ0) is 18.2. The second-order valence-electron chi connectivity index (χ2n) is 6.82. The minimum absolute atomic E-state index is 0.753. The topological polar surface area (TPSA) is 67.0 Å². The molecule has 1 N–H and O–H groups in total. The smallest absolute Gasteiger partial charge is 0.193 e. The maximum absolute atomic E-state index is 5.73. The largest absolute Gasteiger partial charge is 0.379 e. The first-order chi connectivity index (χ1) is 12.8. The molecular weight excluding hydrogens is 328 g/mol. The molecule has 0 bridgehead atoms. The second-order valence-corrected chi connectivity index (χ2v) is 6.82. The van der Waals surface area contributed by atoms with Gasteiger partial charge in [-0.2, -0.15) is 0 Å². The van der Waals surface area contributed by atoms with Crippen molar-refractivity contribution in [3.8, 4) is 0 Å². The third-order valence-electron chi connectivity index (χ3n) is 4.52. The number of nitrogens with zero attached hydrogens (tertiary/aromatic N) is 5. The lowest BCUT2D eigenvalue weighted by Crippen LogP contribution is -2.40. The van der Waals surface area contributed by atoms with Crippen molar-refractivity contribution in [2.24, 2.45) is 10.9 Å². The Labute approximate surface area is 155 Å². The van der Waals surface area contributed by atoms with Gasteiger partial charge >= 0.3 is 0 Å². The zero-order valence-electron chi connectivity index (χ0n) is 15.9. The van der Waals surface area contributed by atoms with E-state index in [4.69, 9.17) is 9.73 Å². The highest BCUT2D eigenvalue weighted by Crippen LogP contribution is 2.28. The van der Waals surface area contributed by atoms with Gasteiger partial charge in [-0.25, -0.2) is 0 Å². The highest BCUT2D eigenvalue weighted by molar-refractivity contribution is 5.79. The van der Waals surface area contributed by atoms with Crippen LogP contribution in [0.2, 0.25) is 0 Å². The molecule has 2 heterocycles. The summed E-state index contributed by atoms with van der Waals surface area (Å²) in [6, 6.07) is 5.95. The average Bonchev–Trinajstić information content (AvgIpc) is 3.40. The Morgan fingerprint density at radius 1 is 1.38 bits per heavy atom. The van der Waals surface area contributed by atoms with Crippen LogP contribution in [0.4, 0.5) is 0 Å². The highest BCUT2D eigenvalue weighted by Gasteiger charge is 2.21. The van der Waals surface area contributed by atoms with Crippen LogP contribution in [0.15, 0.2) is 29.4 Å². The first-order valence-corrected chi connectivity index (χ1v) is 9.63. The fourth-order valence-corrected chi connectivity index (χ4v) is 2.80. The van der Waals surface area contributed by atoms with Crippen molar-refractivity contribution < 1.29 is 4.74 Å². The van der Waals surface area contributed by atoms with Crippen LogP contribution >= 0.6 is 0 Å². The van der Waals surface area contributed by atoms with Gasteiger partial charge in [0, 0.05) is 45.9 Å². The lowest BCUT2D eigenvalue weighted by molar-refractivity contribution is 0.115. The summed E-state index contributed by atoms with van der Waals surface area (Å²) in [5.74, 6) is 2.74. The minimum Gasteiger partial charge on any atom is -0.379 e. The Hall–Kier alpha value is -2.15. The lowest BCUT2D eigenvalue weighted by Gasteiger charge is -2.22. The molecule has 1 fully saturated rings. The zero-order valence-corrected chi connectivity index (χ0v) is 15.9. The molecule has 1 aliphatic carbocycles. The number of aliphatic imine (C=N–C) groups is 1. The van der Waals surface area contributed by atoms with Crippen molar-refractivity contribution in [3.05, 3.63) is 30.2 Å². The van der Waals surface area contributed by atoms with Crippen LogP contribution in [0.5, 0.6) is 0 Å². The van der Waals surface area contributed by atoms with Crippen LogP contribution in [0.25, 0.3) is 5.65 Å². The number of hydrogen-bond acceptors (Lipinski definition) is 4. The SMILES string of the molecule is CCNC(=NCCCc1nnc2ccccn12)N(C)CCOCC1CC1. The summed E-state index contributed by atoms with van der Waals surface area (Å²) in [6.07, 6.45) is 6.48. The summed E-state index contributed by atoms with van der Waals surface area (Å²) in [7, 11) is 2.06. The van der Waals surface area contributed by atoms with Gasteiger partial charge in [-0.15, -0.1) is 10.2 Å². The van der Waals surface area contributed by atoms with Crippen LogP contribution < -0.4 is 5.32 Å². The number of nitrogens with one attached hydrogen (secondary N) is 1. The average molecular weight is 358 g/mol. The molecule has 26 heavy (non-hydrogen) atoms. The van der Waals surface area contributed by atoms with Gasteiger partial charge in [-0.3, -0.25) is 9.39 Å². The molecule has 1 aliphatic rings. The van der Waals surface area contributed by atoms with E-state index in [9.17, 15) is 0 Å². The molecule has 2 aromatic rings. The molecule has 0 saturated heterocycles. The van der Waals surface area contributed by atoms with Crippen molar-refractivity contribution in [2.45, 2.75) is 32.6 Å². The number of fused-ring (bicyclic) bond motifs is 1. The molecule has 0 atom stereocenters. The summed E-state index contributed by atoms with van der Waals surface area (Å²) in [4.78, 5) is 6.88. The first kappa shape index (κ1) is 18.6. The molecule has 3 rings (SSSR count). The second kappa shape index (κ2) is 9.52. The van der Waals surface area contributed by atoms with Crippen molar-refractivity contribution in [1.29, 1.82) is 0 Å².